The number of carbonyl (C=O) groups excluding carboxylic acids is 2. The molecule has 3 aromatic rings. The van der Waals surface area contributed by atoms with Crippen LogP contribution in [0.4, 0.5) is 11.4 Å². The summed E-state index contributed by atoms with van der Waals surface area (Å²) in [7, 11) is 4.58. The molecule has 0 unspecified atom stereocenters. The standard InChI is InChI=1S/C26H30N4O6/c1-5-36-26(34)16-10-12-30(13-11-16)19-15-21-20(28(2)24(32)25(33)29(21)3)14-18(19)27-23(31)17-8-6-7-9-22(17)35-4/h6-9,14-16H,5,10-13H2,1-4H3,(H,27,31). The molecule has 1 aliphatic rings. The number of amides is 1. The third-order valence-electron chi connectivity index (χ3n) is 6.66. The predicted molar refractivity (Wildman–Crippen MR) is 137 cm³/mol. The van der Waals surface area contributed by atoms with Crippen LogP contribution in [0.15, 0.2) is 46.0 Å². The second-order valence-electron chi connectivity index (χ2n) is 8.75. The number of piperidine rings is 1. The van der Waals surface area contributed by atoms with Gasteiger partial charge >= 0.3 is 17.1 Å². The highest BCUT2D eigenvalue weighted by molar-refractivity contribution is 6.09. The van der Waals surface area contributed by atoms with E-state index >= 15 is 0 Å². The number of benzene rings is 2. The van der Waals surface area contributed by atoms with Gasteiger partial charge in [0.25, 0.3) is 5.91 Å². The molecule has 1 aromatic heterocycles. The molecule has 1 aliphatic heterocycles. The summed E-state index contributed by atoms with van der Waals surface area (Å²) in [5.41, 5.74) is 1.31. The van der Waals surface area contributed by atoms with Crippen molar-refractivity contribution in [3.05, 3.63) is 62.7 Å². The minimum atomic E-state index is -0.657. The van der Waals surface area contributed by atoms with Gasteiger partial charge in [0.15, 0.2) is 0 Å². The first-order chi connectivity index (χ1) is 17.3. The molecule has 0 radical (unpaired) electrons. The van der Waals surface area contributed by atoms with E-state index in [4.69, 9.17) is 9.47 Å². The van der Waals surface area contributed by atoms with E-state index in [1.165, 1.54) is 23.3 Å². The number of esters is 1. The van der Waals surface area contributed by atoms with Gasteiger partial charge in [-0.3, -0.25) is 19.2 Å². The number of aryl methyl sites for hydroxylation is 2. The average molecular weight is 495 g/mol. The molecular formula is C26H30N4O6. The third-order valence-corrected chi connectivity index (χ3v) is 6.66. The number of hydrogen-bond donors (Lipinski definition) is 1. The average Bonchev–Trinajstić information content (AvgIpc) is 2.90. The molecule has 0 aliphatic carbocycles. The molecule has 0 saturated carbocycles. The van der Waals surface area contributed by atoms with Crippen molar-refractivity contribution >= 4 is 34.3 Å². The topological polar surface area (TPSA) is 112 Å². The SMILES string of the molecule is CCOC(=O)C1CCN(c2cc3c(cc2NC(=O)c2ccccc2OC)n(C)c(=O)c(=O)n3C)CC1. The fourth-order valence-electron chi connectivity index (χ4n) is 4.61. The van der Waals surface area contributed by atoms with Gasteiger partial charge in [0.1, 0.15) is 5.75 Å². The summed E-state index contributed by atoms with van der Waals surface area (Å²) in [4.78, 5) is 52.5. The summed E-state index contributed by atoms with van der Waals surface area (Å²) in [6.45, 7) is 3.25. The lowest BCUT2D eigenvalue weighted by Gasteiger charge is -2.34. The number of ether oxygens (including phenoxy) is 2. The molecule has 2 heterocycles. The highest BCUT2D eigenvalue weighted by atomic mass is 16.5. The van der Waals surface area contributed by atoms with Crippen LogP contribution in [0.1, 0.15) is 30.1 Å². The molecule has 1 amide bonds. The molecular weight excluding hydrogens is 464 g/mol. The number of carbonyl (C=O) groups is 2. The summed E-state index contributed by atoms with van der Waals surface area (Å²) >= 11 is 0. The Balaban J connectivity index is 1.78. The first-order valence-corrected chi connectivity index (χ1v) is 11.9. The Morgan fingerprint density at radius 2 is 1.61 bits per heavy atom. The third kappa shape index (κ3) is 4.58. The zero-order valence-electron chi connectivity index (χ0n) is 20.9. The fraction of sp³-hybridized carbons (Fsp3) is 0.385. The molecule has 0 atom stereocenters. The van der Waals surface area contributed by atoms with Gasteiger partial charge in [-0.15, -0.1) is 0 Å². The largest absolute Gasteiger partial charge is 0.496 e. The summed E-state index contributed by atoms with van der Waals surface area (Å²) in [6, 6.07) is 10.4. The van der Waals surface area contributed by atoms with Crippen LogP contribution in [0.3, 0.4) is 0 Å². The maximum absolute atomic E-state index is 13.3. The minimum Gasteiger partial charge on any atom is -0.496 e. The van der Waals surface area contributed by atoms with Crippen LogP contribution in [0, 0.1) is 5.92 Å². The molecule has 36 heavy (non-hydrogen) atoms. The Kier molecular flexibility index (Phi) is 7.14. The van der Waals surface area contributed by atoms with Gasteiger partial charge in [-0.25, -0.2) is 0 Å². The fourth-order valence-corrected chi connectivity index (χ4v) is 4.61. The molecule has 0 spiro atoms. The van der Waals surface area contributed by atoms with E-state index in [1.54, 1.807) is 50.4 Å². The molecule has 2 aromatic carbocycles. The van der Waals surface area contributed by atoms with E-state index < -0.39 is 11.1 Å². The number of aromatic nitrogens is 2. The number of hydrogen-bond acceptors (Lipinski definition) is 7. The van der Waals surface area contributed by atoms with E-state index in [1.807, 2.05) is 0 Å². The number of nitrogens with one attached hydrogen (secondary N) is 1. The molecule has 1 N–H and O–H groups in total. The maximum Gasteiger partial charge on any atom is 0.316 e. The van der Waals surface area contributed by atoms with Gasteiger partial charge in [0.2, 0.25) is 0 Å². The Morgan fingerprint density at radius 3 is 2.22 bits per heavy atom. The van der Waals surface area contributed by atoms with Crippen LogP contribution < -0.4 is 26.1 Å². The first-order valence-electron chi connectivity index (χ1n) is 11.9. The number of methoxy groups -OCH3 is 1. The number of nitrogens with zero attached hydrogens (tertiary/aromatic N) is 3. The molecule has 4 rings (SSSR count). The molecule has 10 heteroatoms. The normalized spacial score (nSPS) is 14.1. The van der Waals surface area contributed by atoms with Crippen molar-refractivity contribution in [2.45, 2.75) is 19.8 Å². The molecule has 190 valence electrons. The van der Waals surface area contributed by atoms with Crippen LogP contribution >= 0.6 is 0 Å². The summed E-state index contributed by atoms with van der Waals surface area (Å²) < 4.78 is 13.1. The minimum absolute atomic E-state index is 0.182. The van der Waals surface area contributed by atoms with Crippen molar-refractivity contribution in [1.82, 2.24) is 9.13 Å². The second-order valence-corrected chi connectivity index (χ2v) is 8.75. The second kappa shape index (κ2) is 10.3. The van der Waals surface area contributed by atoms with Crippen molar-refractivity contribution in [3.63, 3.8) is 0 Å². The Hall–Kier alpha value is -4.08. The van der Waals surface area contributed by atoms with Gasteiger partial charge in [0.05, 0.1) is 47.6 Å². The van der Waals surface area contributed by atoms with Crippen LogP contribution in [-0.2, 0) is 23.6 Å². The summed E-state index contributed by atoms with van der Waals surface area (Å²) in [5.74, 6) is -0.317. The van der Waals surface area contributed by atoms with Gasteiger partial charge in [-0.05, 0) is 44.0 Å². The number of anilines is 2. The van der Waals surface area contributed by atoms with E-state index in [-0.39, 0.29) is 17.8 Å². The summed E-state index contributed by atoms with van der Waals surface area (Å²) in [5, 5.41) is 2.97. The Labute approximate surface area is 208 Å². The lowest BCUT2D eigenvalue weighted by Crippen LogP contribution is -2.40. The quantitative estimate of drug-likeness (QED) is 0.413. The highest BCUT2D eigenvalue weighted by Gasteiger charge is 2.28. The van der Waals surface area contributed by atoms with Crippen molar-refractivity contribution in [3.8, 4) is 5.75 Å². The van der Waals surface area contributed by atoms with E-state index in [2.05, 4.69) is 10.2 Å². The van der Waals surface area contributed by atoms with Gasteiger partial charge in [0, 0.05) is 27.2 Å². The van der Waals surface area contributed by atoms with Crippen molar-refractivity contribution in [1.29, 1.82) is 0 Å². The van der Waals surface area contributed by atoms with Crippen molar-refractivity contribution < 1.29 is 19.1 Å². The Bertz CT molecular complexity index is 1430. The van der Waals surface area contributed by atoms with Crippen LogP contribution in [0.25, 0.3) is 11.0 Å². The van der Waals surface area contributed by atoms with Gasteiger partial charge < -0.3 is 28.8 Å². The van der Waals surface area contributed by atoms with Gasteiger partial charge in [-0.1, -0.05) is 12.1 Å². The monoisotopic (exact) mass is 494 g/mol. The smallest absolute Gasteiger partial charge is 0.316 e. The van der Waals surface area contributed by atoms with Gasteiger partial charge in [-0.2, -0.15) is 0 Å². The molecule has 1 fully saturated rings. The molecule has 0 bridgehead atoms. The van der Waals surface area contributed by atoms with Crippen molar-refractivity contribution in [2.24, 2.45) is 20.0 Å². The van der Waals surface area contributed by atoms with Crippen LogP contribution in [0.2, 0.25) is 0 Å². The van der Waals surface area contributed by atoms with E-state index in [0.29, 0.717) is 66.3 Å². The zero-order chi connectivity index (χ0) is 26.0. The van der Waals surface area contributed by atoms with Crippen LogP contribution in [0.5, 0.6) is 5.75 Å². The van der Waals surface area contributed by atoms with E-state index in [9.17, 15) is 19.2 Å². The number of fused-ring (bicyclic) bond motifs is 1. The predicted octanol–water partition coefficient (Wildman–Crippen LogP) is 2.28. The van der Waals surface area contributed by atoms with Crippen LogP contribution in [-0.4, -0.2) is 47.8 Å². The first kappa shape index (κ1) is 25.0. The number of rotatable bonds is 6. The Morgan fingerprint density at radius 1 is 1.00 bits per heavy atom. The van der Waals surface area contributed by atoms with Crippen molar-refractivity contribution in [2.75, 3.05) is 37.0 Å². The lowest BCUT2D eigenvalue weighted by molar-refractivity contribution is -0.148. The number of para-hydroxylation sites is 1. The maximum atomic E-state index is 13.3. The molecule has 1 saturated heterocycles. The molecule has 10 nitrogen and oxygen atoms in total. The highest BCUT2D eigenvalue weighted by Crippen LogP contribution is 2.34. The lowest BCUT2D eigenvalue weighted by atomic mass is 9.96. The summed E-state index contributed by atoms with van der Waals surface area (Å²) in [6.07, 6.45) is 1.20. The zero-order valence-corrected chi connectivity index (χ0v) is 20.9. The van der Waals surface area contributed by atoms with E-state index in [0.717, 1.165) is 0 Å².